The van der Waals surface area contributed by atoms with Crippen LogP contribution in [0, 0.1) is 5.92 Å². The number of carbonyl (C=O) groups is 1. The van der Waals surface area contributed by atoms with Crippen molar-refractivity contribution in [3.05, 3.63) is 24.3 Å². The third-order valence-electron chi connectivity index (χ3n) is 2.48. The molecule has 0 bridgehead atoms. The number of ether oxygens (including phenoxy) is 2. The van der Waals surface area contributed by atoms with Crippen molar-refractivity contribution in [2.45, 2.75) is 46.6 Å². The number of esters is 1. The van der Waals surface area contributed by atoms with Crippen LogP contribution in [-0.4, -0.2) is 11.6 Å². The molecule has 3 nitrogen and oxygen atoms in total. The normalized spacial score (nSPS) is 12.9. The van der Waals surface area contributed by atoms with E-state index in [4.69, 9.17) is 9.47 Å². The lowest BCUT2D eigenvalue weighted by atomic mass is 10.1. The lowest BCUT2D eigenvalue weighted by molar-refractivity contribution is -0.138. The van der Waals surface area contributed by atoms with Gasteiger partial charge in [-0.05, 0) is 51.5 Å². The molecule has 0 aliphatic rings. The number of hydrogen-bond acceptors (Lipinski definition) is 3. The van der Waals surface area contributed by atoms with Crippen molar-refractivity contribution in [3.8, 4) is 11.5 Å². The molecule has 0 aromatic heterocycles. The summed E-state index contributed by atoms with van der Waals surface area (Å²) < 4.78 is 10.9. The molecule has 1 atom stereocenters. The summed E-state index contributed by atoms with van der Waals surface area (Å²) in [6.07, 6.45) is 0.782. The molecule has 1 unspecified atom stereocenters. The van der Waals surface area contributed by atoms with Gasteiger partial charge in [-0.3, -0.25) is 4.79 Å². The van der Waals surface area contributed by atoms with Gasteiger partial charge in [0.15, 0.2) is 0 Å². The van der Waals surface area contributed by atoms with Gasteiger partial charge in [-0.25, -0.2) is 0 Å². The summed E-state index contributed by atoms with van der Waals surface area (Å²) in [6.45, 7) is 9.79. The van der Waals surface area contributed by atoms with E-state index in [1.54, 1.807) is 12.1 Å². The van der Waals surface area contributed by atoms with E-state index in [1.807, 2.05) is 46.8 Å². The van der Waals surface area contributed by atoms with Crippen LogP contribution in [0.5, 0.6) is 11.5 Å². The zero-order valence-electron chi connectivity index (χ0n) is 11.8. The first kappa shape index (κ1) is 14.6. The maximum Gasteiger partial charge on any atom is 0.314 e. The summed E-state index contributed by atoms with van der Waals surface area (Å²) in [5.74, 6) is 1.06. The van der Waals surface area contributed by atoms with Crippen molar-refractivity contribution >= 4 is 5.97 Å². The fourth-order valence-electron chi connectivity index (χ4n) is 1.31. The fraction of sp³-hybridized carbons (Fsp3) is 0.533. The average molecular weight is 250 g/mol. The molecule has 1 aromatic carbocycles. The van der Waals surface area contributed by atoms with Gasteiger partial charge in [0.25, 0.3) is 0 Å². The van der Waals surface area contributed by atoms with Crippen LogP contribution in [0.15, 0.2) is 24.3 Å². The first-order valence-electron chi connectivity index (χ1n) is 6.32. The zero-order valence-corrected chi connectivity index (χ0v) is 11.8. The van der Waals surface area contributed by atoms with Crippen LogP contribution in [0.3, 0.4) is 0 Å². The Labute approximate surface area is 109 Å². The Bertz CT molecular complexity index is 387. The molecule has 0 fully saturated rings. The minimum absolute atomic E-state index is 0.0736. The van der Waals surface area contributed by atoms with Gasteiger partial charge in [-0.1, -0.05) is 13.8 Å². The monoisotopic (exact) mass is 250 g/mol. The highest BCUT2D eigenvalue weighted by molar-refractivity contribution is 5.74. The average Bonchev–Trinajstić information content (AvgIpc) is 2.28. The van der Waals surface area contributed by atoms with Crippen molar-refractivity contribution in [1.82, 2.24) is 0 Å². The molecule has 100 valence electrons. The predicted molar refractivity (Wildman–Crippen MR) is 71.9 cm³/mol. The Hall–Kier alpha value is -1.51. The van der Waals surface area contributed by atoms with E-state index in [0.29, 0.717) is 5.75 Å². The van der Waals surface area contributed by atoms with Crippen LogP contribution in [0.1, 0.15) is 41.0 Å². The van der Waals surface area contributed by atoms with Crippen molar-refractivity contribution in [2.24, 2.45) is 5.92 Å². The van der Waals surface area contributed by atoms with Crippen LogP contribution in [0.25, 0.3) is 0 Å². The van der Waals surface area contributed by atoms with Crippen molar-refractivity contribution < 1.29 is 14.3 Å². The summed E-state index contributed by atoms with van der Waals surface area (Å²) in [6, 6.07) is 7.12. The van der Waals surface area contributed by atoms with E-state index in [9.17, 15) is 4.79 Å². The second-order valence-corrected chi connectivity index (χ2v) is 5.42. The molecule has 0 saturated heterocycles. The first-order chi connectivity index (χ1) is 8.31. The first-order valence-corrected chi connectivity index (χ1v) is 6.32. The van der Waals surface area contributed by atoms with Crippen LogP contribution in [0.2, 0.25) is 0 Å². The topological polar surface area (TPSA) is 35.5 Å². The molecule has 18 heavy (non-hydrogen) atoms. The summed E-state index contributed by atoms with van der Waals surface area (Å²) in [7, 11) is 0. The third kappa shape index (κ3) is 4.78. The van der Waals surface area contributed by atoms with Crippen molar-refractivity contribution in [2.75, 3.05) is 0 Å². The molecule has 0 N–H and O–H groups in total. The standard InChI is InChI=1S/C15H22O3/c1-6-11(2)14(16)17-12-7-9-13(10-8-12)18-15(3,4)5/h7-11H,6H2,1-5H3. The van der Waals surface area contributed by atoms with E-state index in [0.717, 1.165) is 12.2 Å². The lowest BCUT2D eigenvalue weighted by Crippen LogP contribution is -2.22. The van der Waals surface area contributed by atoms with Crippen LogP contribution >= 0.6 is 0 Å². The van der Waals surface area contributed by atoms with Crippen LogP contribution in [0.4, 0.5) is 0 Å². The number of carbonyl (C=O) groups excluding carboxylic acids is 1. The van der Waals surface area contributed by atoms with Gasteiger partial charge < -0.3 is 9.47 Å². The maximum atomic E-state index is 11.6. The second-order valence-electron chi connectivity index (χ2n) is 5.42. The smallest absolute Gasteiger partial charge is 0.314 e. The summed E-state index contributed by atoms with van der Waals surface area (Å²) >= 11 is 0. The molecule has 1 aromatic rings. The number of rotatable bonds is 4. The minimum Gasteiger partial charge on any atom is -0.488 e. The SMILES string of the molecule is CCC(C)C(=O)Oc1ccc(OC(C)(C)C)cc1. The van der Waals surface area contributed by atoms with Crippen molar-refractivity contribution in [3.63, 3.8) is 0 Å². The minimum atomic E-state index is -0.227. The Balaban J connectivity index is 2.63. The highest BCUT2D eigenvalue weighted by Gasteiger charge is 2.14. The molecule has 0 heterocycles. The largest absolute Gasteiger partial charge is 0.488 e. The molecular weight excluding hydrogens is 228 g/mol. The molecule has 0 radical (unpaired) electrons. The Morgan fingerprint density at radius 1 is 1.17 bits per heavy atom. The molecule has 1 rings (SSSR count). The van der Waals surface area contributed by atoms with E-state index in [-0.39, 0.29) is 17.5 Å². The molecule has 0 spiro atoms. The quantitative estimate of drug-likeness (QED) is 0.602. The summed E-state index contributed by atoms with van der Waals surface area (Å²) in [5.41, 5.74) is -0.227. The van der Waals surface area contributed by atoms with Crippen LogP contribution in [-0.2, 0) is 4.79 Å². The number of benzene rings is 1. The Kier molecular flexibility index (Phi) is 4.76. The highest BCUT2D eigenvalue weighted by atomic mass is 16.5. The Morgan fingerprint density at radius 3 is 2.11 bits per heavy atom. The molecule has 0 saturated carbocycles. The van der Waals surface area contributed by atoms with Gasteiger partial charge in [-0.15, -0.1) is 0 Å². The van der Waals surface area contributed by atoms with Gasteiger partial charge in [0.05, 0.1) is 5.92 Å². The van der Waals surface area contributed by atoms with E-state index in [2.05, 4.69) is 0 Å². The summed E-state index contributed by atoms with van der Waals surface area (Å²) in [5, 5.41) is 0. The van der Waals surface area contributed by atoms with Crippen LogP contribution < -0.4 is 9.47 Å². The second kappa shape index (κ2) is 5.89. The van der Waals surface area contributed by atoms with E-state index < -0.39 is 0 Å². The van der Waals surface area contributed by atoms with Gasteiger partial charge in [0.2, 0.25) is 0 Å². The van der Waals surface area contributed by atoms with Gasteiger partial charge in [-0.2, -0.15) is 0 Å². The molecule has 0 aliphatic heterocycles. The molecular formula is C15H22O3. The predicted octanol–water partition coefficient (Wildman–Crippen LogP) is 3.82. The molecule has 3 heteroatoms. The molecule has 0 amide bonds. The zero-order chi connectivity index (χ0) is 13.8. The van der Waals surface area contributed by atoms with Gasteiger partial charge >= 0.3 is 5.97 Å². The fourth-order valence-corrected chi connectivity index (χ4v) is 1.31. The van der Waals surface area contributed by atoms with Gasteiger partial charge in [0, 0.05) is 0 Å². The van der Waals surface area contributed by atoms with E-state index >= 15 is 0 Å². The maximum absolute atomic E-state index is 11.6. The third-order valence-corrected chi connectivity index (χ3v) is 2.48. The molecule has 0 aliphatic carbocycles. The van der Waals surface area contributed by atoms with Gasteiger partial charge in [0.1, 0.15) is 17.1 Å². The lowest BCUT2D eigenvalue weighted by Gasteiger charge is -2.21. The highest BCUT2D eigenvalue weighted by Crippen LogP contribution is 2.22. The van der Waals surface area contributed by atoms with Crippen molar-refractivity contribution in [1.29, 1.82) is 0 Å². The summed E-state index contributed by atoms with van der Waals surface area (Å²) in [4.78, 5) is 11.6. The number of hydrogen-bond donors (Lipinski definition) is 0. The Morgan fingerprint density at radius 2 is 1.67 bits per heavy atom. The van der Waals surface area contributed by atoms with E-state index in [1.165, 1.54) is 0 Å².